The van der Waals surface area contributed by atoms with Crippen LogP contribution >= 0.6 is 0 Å². The lowest BCUT2D eigenvalue weighted by Crippen LogP contribution is -2.21. The molecule has 1 heterocycles. The molecule has 9 nitrogen and oxygen atoms in total. The maximum absolute atomic E-state index is 13.2. The number of aromatic carboxylic acids is 1. The smallest absolute Gasteiger partial charge is 0.336 e. The van der Waals surface area contributed by atoms with Gasteiger partial charge in [-0.1, -0.05) is 41.5 Å². The van der Waals surface area contributed by atoms with E-state index < -0.39 is 5.97 Å². The molecule has 0 fully saturated rings. The summed E-state index contributed by atoms with van der Waals surface area (Å²) in [4.78, 5) is 30.5. The van der Waals surface area contributed by atoms with Gasteiger partial charge in [-0.25, -0.2) is 9.37 Å². The molecule has 1 aliphatic heterocycles. The molecular formula is C33H30N5O4+. The summed E-state index contributed by atoms with van der Waals surface area (Å²) in [7, 11) is 7.79. The third-order valence-electron chi connectivity index (χ3n) is 7.30. The van der Waals surface area contributed by atoms with Crippen molar-refractivity contribution >= 4 is 34.1 Å². The molecular weight excluding hydrogens is 530 g/mol. The number of carbonyl (C=O) groups excluding carboxylic acids is 1. The monoisotopic (exact) mass is 560 g/mol. The van der Waals surface area contributed by atoms with Crippen LogP contribution in [0.5, 0.6) is 0 Å². The first-order chi connectivity index (χ1) is 20.2. The number of hydrogen-bond acceptors (Lipinski definition) is 5. The summed E-state index contributed by atoms with van der Waals surface area (Å²) in [5.74, 6) is -0.653. The fraction of sp³-hybridized carbons (Fsp3) is 0.182. The Morgan fingerprint density at radius 3 is 2.36 bits per heavy atom. The second kappa shape index (κ2) is 11.6. The molecule has 0 saturated carbocycles. The first-order valence-electron chi connectivity index (χ1n) is 13.4. The fourth-order valence-corrected chi connectivity index (χ4v) is 5.01. The molecule has 3 aromatic rings. The highest BCUT2D eigenvalue weighted by molar-refractivity contribution is 6.09. The van der Waals surface area contributed by atoms with Gasteiger partial charge in [0.15, 0.2) is 5.78 Å². The summed E-state index contributed by atoms with van der Waals surface area (Å²) in [6, 6.07) is 23.6. The summed E-state index contributed by atoms with van der Waals surface area (Å²) in [5, 5.41) is 15.6. The van der Waals surface area contributed by atoms with Crippen LogP contribution in [0.2, 0.25) is 0 Å². The van der Waals surface area contributed by atoms with Gasteiger partial charge in [0.1, 0.15) is 25.4 Å². The maximum atomic E-state index is 13.2. The van der Waals surface area contributed by atoms with Crippen molar-refractivity contribution < 1.29 is 19.1 Å². The summed E-state index contributed by atoms with van der Waals surface area (Å²) in [6.45, 7) is 0. The van der Waals surface area contributed by atoms with Gasteiger partial charge in [0.2, 0.25) is 5.36 Å². The van der Waals surface area contributed by atoms with Crippen LogP contribution in [-0.4, -0.2) is 45.0 Å². The topological polar surface area (TPSA) is 123 Å². The van der Waals surface area contributed by atoms with Gasteiger partial charge in [0, 0.05) is 71.0 Å². The molecule has 0 saturated heterocycles. The van der Waals surface area contributed by atoms with Crippen molar-refractivity contribution in [1.82, 2.24) is 4.58 Å². The number of rotatable bonds is 8. The van der Waals surface area contributed by atoms with Crippen LogP contribution in [0, 0.1) is 0 Å². The molecule has 2 aliphatic rings. The standard InChI is InChI=1S/C33H29N5O4/c1-37(2)23-11-14-26-30(18-23)42-31-19-24(38(3)4)12-15-27(31)32(26)25-13-8-21(17-28(25)33(40)41)29(39)16-7-20-5-9-22(10-6-20)35-36-34/h5-6,8-15,17-19H,7,16H2,1-4H3/p+1. The minimum absolute atomic E-state index is 0.0433. The lowest BCUT2D eigenvalue weighted by Gasteiger charge is -2.19. The molecule has 0 radical (unpaired) electrons. The van der Waals surface area contributed by atoms with Gasteiger partial charge < -0.3 is 14.4 Å². The number of carboxylic acids is 1. The SMILES string of the molecule is CN(C)c1ccc2c(-c3ccc(C(=O)CCc4ccc(N=[N+]=[N-])cc4)cc3C(=O)O)c3ccc(=[N+](C)C)cc-3oc2c1. The van der Waals surface area contributed by atoms with Gasteiger partial charge in [0.05, 0.1) is 11.6 Å². The molecule has 0 spiro atoms. The number of nitrogens with zero attached hydrogens (tertiary/aromatic N) is 5. The van der Waals surface area contributed by atoms with Crippen LogP contribution in [0.3, 0.4) is 0 Å². The van der Waals surface area contributed by atoms with E-state index in [0.29, 0.717) is 34.6 Å². The number of Topliss-reactive ketones (excluding diaryl/α,β-unsaturated/α-hetero) is 1. The average Bonchev–Trinajstić information content (AvgIpc) is 2.98. The van der Waals surface area contributed by atoms with Crippen molar-refractivity contribution in [3.05, 3.63) is 111 Å². The number of hydrogen-bond donors (Lipinski definition) is 1. The van der Waals surface area contributed by atoms with Crippen LogP contribution in [0.25, 0.3) is 43.9 Å². The van der Waals surface area contributed by atoms with Crippen molar-refractivity contribution in [3.63, 3.8) is 0 Å². The quantitative estimate of drug-likeness (QED) is 0.0561. The van der Waals surface area contributed by atoms with Gasteiger partial charge in [-0.15, -0.1) is 0 Å². The highest BCUT2D eigenvalue weighted by Crippen LogP contribution is 2.42. The van der Waals surface area contributed by atoms with Crippen molar-refractivity contribution in [2.24, 2.45) is 5.11 Å². The number of carboxylic acid groups (broad SMARTS) is 1. The number of fused-ring (bicyclic) bond motifs is 2. The van der Waals surface area contributed by atoms with Crippen LogP contribution in [0.1, 0.15) is 32.7 Å². The molecule has 0 amide bonds. The van der Waals surface area contributed by atoms with E-state index in [1.807, 2.05) is 86.2 Å². The lowest BCUT2D eigenvalue weighted by molar-refractivity contribution is 0.0697. The number of ketones is 1. The van der Waals surface area contributed by atoms with E-state index >= 15 is 0 Å². The first kappa shape index (κ1) is 28.1. The van der Waals surface area contributed by atoms with Crippen LogP contribution in [0.4, 0.5) is 11.4 Å². The Hall–Kier alpha value is -5.40. The number of anilines is 1. The Labute approximate surface area is 242 Å². The molecule has 0 unspecified atom stereocenters. The van der Waals surface area contributed by atoms with Crippen molar-refractivity contribution in [3.8, 4) is 22.5 Å². The van der Waals surface area contributed by atoms with Gasteiger partial charge in [0.25, 0.3) is 0 Å². The van der Waals surface area contributed by atoms with E-state index in [2.05, 4.69) is 10.0 Å². The molecule has 0 bridgehead atoms. The van der Waals surface area contributed by atoms with Gasteiger partial charge in [-0.3, -0.25) is 4.79 Å². The fourth-order valence-electron chi connectivity index (χ4n) is 5.01. The third kappa shape index (κ3) is 5.59. The highest BCUT2D eigenvalue weighted by Gasteiger charge is 2.23. The Kier molecular flexibility index (Phi) is 7.78. The normalized spacial score (nSPS) is 10.9. The molecule has 210 valence electrons. The number of benzene rings is 4. The van der Waals surface area contributed by atoms with Gasteiger partial charge >= 0.3 is 5.97 Å². The maximum Gasteiger partial charge on any atom is 0.336 e. The zero-order chi connectivity index (χ0) is 30.0. The zero-order valence-corrected chi connectivity index (χ0v) is 23.8. The Bertz CT molecular complexity index is 1930. The second-order valence-corrected chi connectivity index (χ2v) is 10.5. The van der Waals surface area contributed by atoms with Crippen LogP contribution in [0.15, 0.2) is 88.4 Å². The Balaban J connectivity index is 1.60. The molecule has 3 aromatic carbocycles. The number of azide groups is 1. The molecule has 1 aliphatic carbocycles. The van der Waals surface area contributed by atoms with E-state index in [4.69, 9.17) is 9.95 Å². The molecule has 0 atom stereocenters. The largest absolute Gasteiger partial charge is 0.478 e. The number of aryl methyl sites for hydroxylation is 1. The Morgan fingerprint density at radius 1 is 0.952 bits per heavy atom. The zero-order valence-electron chi connectivity index (χ0n) is 23.8. The molecule has 1 N–H and O–H groups in total. The first-order valence-corrected chi connectivity index (χ1v) is 13.4. The van der Waals surface area contributed by atoms with Crippen molar-refractivity contribution in [2.75, 3.05) is 33.1 Å². The predicted octanol–water partition coefficient (Wildman–Crippen LogP) is 6.76. The number of carbonyl (C=O) groups is 2. The van der Waals surface area contributed by atoms with Crippen LogP contribution in [-0.2, 0) is 6.42 Å². The molecule has 5 rings (SSSR count). The van der Waals surface area contributed by atoms with Crippen LogP contribution < -0.4 is 14.8 Å². The highest BCUT2D eigenvalue weighted by atomic mass is 16.4. The minimum Gasteiger partial charge on any atom is -0.478 e. The summed E-state index contributed by atoms with van der Waals surface area (Å²) >= 11 is 0. The van der Waals surface area contributed by atoms with Crippen molar-refractivity contribution in [2.45, 2.75) is 12.8 Å². The summed E-state index contributed by atoms with van der Waals surface area (Å²) in [6.07, 6.45) is 0.674. The minimum atomic E-state index is -1.12. The van der Waals surface area contributed by atoms with E-state index in [-0.39, 0.29) is 17.8 Å². The predicted molar refractivity (Wildman–Crippen MR) is 165 cm³/mol. The van der Waals surface area contributed by atoms with Gasteiger partial charge in [-0.2, -0.15) is 0 Å². The summed E-state index contributed by atoms with van der Waals surface area (Å²) in [5.41, 5.74) is 14.0. The van der Waals surface area contributed by atoms with E-state index in [0.717, 1.165) is 33.1 Å². The molecule has 0 aromatic heterocycles. The molecule has 42 heavy (non-hydrogen) atoms. The lowest BCUT2D eigenvalue weighted by atomic mass is 9.89. The molecule has 9 heteroatoms. The van der Waals surface area contributed by atoms with Gasteiger partial charge in [-0.05, 0) is 47.3 Å². The van der Waals surface area contributed by atoms with E-state index in [9.17, 15) is 14.7 Å². The van der Waals surface area contributed by atoms with Crippen molar-refractivity contribution in [1.29, 1.82) is 0 Å². The average molecular weight is 561 g/mol. The van der Waals surface area contributed by atoms with E-state index in [1.54, 1.807) is 24.3 Å². The van der Waals surface area contributed by atoms with E-state index in [1.165, 1.54) is 6.07 Å². The summed E-state index contributed by atoms with van der Waals surface area (Å²) < 4.78 is 8.35. The second-order valence-electron chi connectivity index (χ2n) is 10.5. The third-order valence-corrected chi connectivity index (χ3v) is 7.30. The Morgan fingerprint density at radius 2 is 1.69 bits per heavy atom.